The van der Waals surface area contributed by atoms with Crippen molar-refractivity contribution in [3.63, 3.8) is 0 Å². The van der Waals surface area contributed by atoms with Crippen molar-refractivity contribution in [3.05, 3.63) is 100 Å². The van der Waals surface area contributed by atoms with E-state index in [4.69, 9.17) is 11.6 Å². The van der Waals surface area contributed by atoms with Gasteiger partial charge in [-0.3, -0.25) is 4.79 Å². The lowest BCUT2D eigenvalue weighted by atomic mass is 9.88. The molecule has 2 N–H and O–H groups in total. The summed E-state index contributed by atoms with van der Waals surface area (Å²) in [5.41, 5.74) is 6.57. The third kappa shape index (κ3) is 6.75. The first-order valence-corrected chi connectivity index (χ1v) is 16.5. The standard InChI is InChI=1S/C37H44ClN5O2/c1-24-8-7-9-28(18-24)27-14-16-42(17-15-27)37(45)40-35(25(2)32-21-39-33-11-6-5-10-31(32)33)36(44)43-23-26(22-41(3)4)19-29-20-30(38)12-13-34(29)43/h5-13,18,20-21,25-27,35,39H,14-17,19,22-23H2,1-4H3,(H,40,45)/t25?,26-,35?/m1/s1. The molecular weight excluding hydrogens is 582 g/mol. The highest BCUT2D eigenvalue weighted by Crippen LogP contribution is 2.36. The van der Waals surface area contributed by atoms with Crippen molar-refractivity contribution in [2.75, 3.05) is 45.2 Å². The fraction of sp³-hybridized carbons (Fsp3) is 0.405. The lowest BCUT2D eigenvalue weighted by Crippen LogP contribution is -2.57. The third-order valence-electron chi connectivity index (χ3n) is 9.62. The fourth-order valence-electron chi connectivity index (χ4n) is 7.34. The van der Waals surface area contributed by atoms with E-state index in [1.165, 1.54) is 11.1 Å². The number of rotatable bonds is 7. The second-order valence-electron chi connectivity index (χ2n) is 13.2. The number of hydrogen-bond donors (Lipinski definition) is 2. The molecule has 0 saturated carbocycles. The summed E-state index contributed by atoms with van der Waals surface area (Å²) in [4.78, 5) is 38.0. The zero-order chi connectivity index (χ0) is 31.7. The van der Waals surface area contributed by atoms with Gasteiger partial charge in [0.25, 0.3) is 0 Å². The Morgan fingerprint density at radius 1 is 1.04 bits per heavy atom. The Hall–Kier alpha value is -3.81. The van der Waals surface area contributed by atoms with Crippen molar-refractivity contribution in [2.45, 2.75) is 51.0 Å². The highest BCUT2D eigenvalue weighted by atomic mass is 35.5. The molecule has 0 aliphatic carbocycles. The lowest BCUT2D eigenvalue weighted by Gasteiger charge is -2.39. The largest absolute Gasteiger partial charge is 0.361 e. The van der Waals surface area contributed by atoms with Gasteiger partial charge in [0.05, 0.1) is 0 Å². The molecule has 7 nitrogen and oxygen atoms in total. The highest BCUT2D eigenvalue weighted by molar-refractivity contribution is 6.30. The van der Waals surface area contributed by atoms with Gasteiger partial charge in [-0.1, -0.05) is 66.6 Å². The number of benzene rings is 3. The van der Waals surface area contributed by atoms with E-state index in [1.54, 1.807) is 0 Å². The summed E-state index contributed by atoms with van der Waals surface area (Å²) in [7, 11) is 4.12. The Morgan fingerprint density at radius 2 is 1.82 bits per heavy atom. The number of nitrogens with one attached hydrogen (secondary N) is 2. The van der Waals surface area contributed by atoms with E-state index in [9.17, 15) is 9.59 Å². The summed E-state index contributed by atoms with van der Waals surface area (Å²) in [5.74, 6) is 0.312. The molecule has 0 spiro atoms. The quantitative estimate of drug-likeness (QED) is 0.233. The SMILES string of the molecule is Cc1cccc(C2CCN(C(=O)NC(C(=O)N3C[C@@H](CN(C)C)Cc4cc(Cl)ccc43)C(C)c3c[nH]c4ccccc34)CC2)c1. The summed E-state index contributed by atoms with van der Waals surface area (Å²) in [6.07, 6.45) is 4.64. The molecule has 45 heavy (non-hydrogen) atoms. The number of urea groups is 1. The van der Waals surface area contributed by atoms with Crippen LogP contribution in [0.15, 0.2) is 72.9 Å². The van der Waals surface area contributed by atoms with E-state index < -0.39 is 6.04 Å². The molecule has 4 aromatic rings. The first-order chi connectivity index (χ1) is 21.7. The van der Waals surface area contributed by atoms with Crippen LogP contribution in [0, 0.1) is 12.8 Å². The van der Waals surface area contributed by atoms with Gasteiger partial charge in [0, 0.05) is 59.9 Å². The second-order valence-corrected chi connectivity index (χ2v) is 13.7. The molecule has 6 rings (SSSR count). The monoisotopic (exact) mass is 625 g/mol. The molecule has 0 radical (unpaired) electrons. The molecule has 1 saturated heterocycles. The summed E-state index contributed by atoms with van der Waals surface area (Å²) in [6.45, 7) is 6.91. The van der Waals surface area contributed by atoms with Gasteiger partial charge in [0.1, 0.15) is 6.04 Å². The minimum absolute atomic E-state index is 0.0946. The predicted molar refractivity (Wildman–Crippen MR) is 183 cm³/mol. The maximum atomic E-state index is 14.8. The normalized spacial score (nSPS) is 18.6. The number of piperidine rings is 1. The Labute approximate surface area is 271 Å². The molecule has 3 amide bonds. The van der Waals surface area contributed by atoms with Gasteiger partial charge in [-0.15, -0.1) is 0 Å². The third-order valence-corrected chi connectivity index (χ3v) is 9.86. The Morgan fingerprint density at radius 3 is 2.58 bits per heavy atom. The molecule has 0 bridgehead atoms. The Kier molecular flexibility index (Phi) is 9.20. The fourth-order valence-corrected chi connectivity index (χ4v) is 7.54. The number of para-hydroxylation sites is 1. The molecule has 3 heterocycles. The van der Waals surface area contributed by atoms with Gasteiger partial charge < -0.3 is 25.0 Å². The van der Waals surface area contributed by atoms with Crippen LogP contribution < -0.4 is 10.2 Å². The molecule has 8 heteroatoms. The van der Waals surface area contributed by atoms with E-state index >= 15 is 0 Å². The summed E-state index contributed by atoms with van der Waals surface area (Å²) in [6, 6.07) is 21.6. The van der Waals surface area contributed by atoms with E-state index in [0.29, 0.717) is 30.6 Å². The smallest absolute Gasteiger partial charge is 0.318 e. The number of aryl methyl sites for hydroxylation is 1. The number of amides is 3. The molecule has 1 fully saturated rings. The zero-order valence-electron chi connectivity index (χ0n) is 26.7. The number of halogens is 1. The van der Waals surface area contributed by atoms with Crippen LogP contribution in [0.4, 0.5) is 10.5 Å². The van der Waals surface area contributed by atoms with Gasteiger partial charge >= 0.3 is 6.03 Å². The first-order valence-electron chi connectivity index (χ1n) is 16.1. The van der Waals surface area contributed by atoms with Crippen molar-refractivity contribution in [1.82, 2.24) is 20.1 Å². The van der Waals surface area contributed by atoms with Gasteiger partial charge in [0.2, 0.25) is 5.91 Å². The number of likely N-dealkylation sites (tertiary alicyclic amines) is 1. The molecule has 2 aliphatic rings. The van der Waals surface area contributed by atoms with Gasteiger partial charge in [-0.25, -0.2) is 4.79 Å². The minimum Gasteiger partial charge on any atom is -0.361 e. The Balaban J connectivity index is 1.28. The number of hydrogen-bond acceptors (Lipinski definition) is 3. The summed E-state index contributed by atoms with van der Waals surface area (Å²) in [5, 5.41) is 4.97. The number of H-pyrrole nitrogens is 1. The van der Waals surface area contributed by atoms with Gasteiger partial charge in [0.15, 0.2) is 0 Å². The number of anilines is 1. The van der Waals surface area contributed by atoms with Crippen LogP contribution in [-0.4, -0.2) is 73.0 Å². The van der Waals surface area contributed by atoms with E-state index in [-0.39, 0.29) is 23.8 Å². The molecule has 2 aliphatic heterocycles. The van der Waals surface area contributed by atoms with E-state index in [1.807, 2.05) is 59.3 Å². The maximum absolute atomic E-state index is 14.8. The van der Waals surface area contributed by atoms with Crippen LogP contribution in [0.1, 0.15) is 53.9 Å². The van der Waals surface area contributed by atoms with E-state index in [2.05, 4.69) is 66.6 Å². The van der Waals surface area contributed by atoms with Crippen LogP contribution in [0.2, 0.25) is 5.02 Å². The molecule has 2 unspecified atom stereocenters. The number of carbonyl (C=O) groups is 2. The molecule has 1 aromatic heterocycles. The minimum atomic E-state index is -0.757. The predicted octanol–water partition coefficient (Wildman–Crippen LogP) is 6.96. The van der Waals surface area contributed by atoms with Crippen molar-refractivity contribution >= 4 is 40.1 Å². The molecule has 236 valence electrons. The summed E-state index contributed by atoms with van der Waals surface area (Å²) >= 11 is 6.43. The Bertz CT molecular complexity index is 1670. The van der Waals surface area contributed by atoms with Crippen molar-refractivity contribution in [3.8, 4) is 0 Å². The molecular formula is C37H44ClN5O2. The number of carbonyl (C=O) groups excluding carboxylic acids is 2. The highest BCUT2D eigenvalue weighted by Gasteiger charge is 2.38. The number of fused-ring (bicyclic) bond motifs is 2. The van der Waals surface area contributed by atoms with Crippen LogP contribution in [0.5, 0.6) is 0 Å². The van der Waals surface area contributed by atoms with Crippen LogP contribution in [0.25, 0.3) is 10.9 Å². The first kappa shape index (κ1) is 31.2. The zero-order valence-corrected chi connectivity index (χ0v) is 27.5. The lowest BCUT2D eigenvalue weighted by molar-refractivity contribution is -0.121. The van der Waals surface area contributed by atoms with Crippen molar-refractivity contribution in [2.24, 2.45) is 5.92 Å². The van der Waals surface area contributed by atoms with Gasteiger partial charge in [-0.05, 0) is 93.1 Å². The second kappa shape index (κ2) is 13.3. The summed E-state index contributed by atoms with van der Waals surface area (Å²) < 4.78 is 0. The molecule has 3 atom stereocenters. The van der Waals surface area contributed by atoms with Crippen LogP contribution in [0.3, 0.4) is 0 Å². The average molecular weight is 626 g/mol. The van der Waals surface area contributed by atoms with Crippen molar-refractivity contribution < 1.29 is 9.59 Å². The number of aromatic nitrogens is 1. The number of nitrogens with zero attached hydrogens (tertiary/aromatic N) is 3. The van der Waals surface area contributed by atoms with E-state index in [0.717, 1.165) is 53.5 Å². The number of aromatic amines is 1. The average Bonchev–Trinajstić information content (AvgIpc) is 3.46. The van der Waals surface area contributed by atoms with Gasteiger partial charge in [-0.2, -0.15) is 0 Å². The van der Waals surface area contributed by atoms with Crippen LogP contribution >= 0.6 is 11.6 Å². The van der Waals surface area contributed by atoms with Crippen LogP contribution in [-0.2, 0) is 11.2 Å². The molecule has 3 aromatic carbocycles. The van der Waals surface area contributed by atoms with Crippen molar-refractivity contribution in [1.29, 1.82) is 0 Å². The maximum Gasteiger partial charge on any atom is 0.318 e. The topological polar surface area (TPSA) is 71.7 Å².